The number of anilines is 1. The first-order chi connectivity index (χ1) is 8.11. The van der Waals surface area contributed by atoms with Crippen LogP contribution in [0.1, 0.15) is 32.3 Å². The molecule has 0 radical (unpaired) electrons. The van der Waals surface area contributed by atoms with Gasteiger partial charge in [0.05, 0.1) is 5.69 Å². The van der Waals surface area contributed by atoms with Gasteiger partial charge in [-0.1, -0.05) is 28.9 Å². The van der Waals surface area contributed by atoms with Crippen LogP contribution in [0.5, 0.6) is 0 Å². The first-order valence-corrected chi connectivity index (χ1v) is 8.14. The second-order valence-corrected chi connectivity index (χ2v) is 6.52. The van der Waals surface area contributed by atoms with Crippen LogP contribution in [0.3, 0.4) is 0 Å². The molecule has 94 valence electrons. The monoisotopic (exact) mass is 359 g/mol. The Morgan fingerprint density at radius 3 is 2.71 bits per heavy atom. The lowest BCUT2D eigenvalue weighted by Crippen LogP contribution is -2.41. The summed E-state index contributed by atoms with van der Waals surface area (Å²) in [6.07, 6.45) is 2.66. The Hall–Kier alpha value is -0.0200. The Labute approximate surface area is 121 Å². The summed E-state index contributed by atoms with van der Waals surface area (Å²) in [6, 6.07) is 7.32. The lowest BCUT2D eigenvalue weighted by Gasteiger charge is -2.39. The number of nitrogens with zero attached hydrogens (tertiary/aromatic N) is 1. The third-order valence-electron chi connectivity index (χ3n) is 3.59. The van der Waals surface area contributed by atoms with E-state index in [1.54, 1.807) is 0 Å². The van der Waals surface area contributed by atoms with Crippen molar-refractivity contribution in [2.75, 3.05) is 11.4 Å². The third kappa shape index (κ3) is 3.05. The maximum Gasteiger partial charge on any atom is 0.0513 e. The van der Waals surface area contributed by atoms with E-state index in [1.807, 2.05) is 0 Å². The molecule has 0 aliphatic carbocycles. The summed E-state index contributed by atoms with van der Waals surface area (Å²) in [5.74, 6) is 0.800. The molecule has 1 aromatic carbocycles. The van der Waals surface area contributed by atoms with Gasteiger partial charge in [-0.3, -0.25) is 0 Å². The molecular formula is C14H19Br2N. The molecule has 17 heavy (non-hydrogen) atoms. The summed E-state index contributed by atoms with van der Waals surface area (Å²) >= 11 is 7.21. The molecule has 1 saturated heterocycles. The highest BCUT2D eigenvalue weighted by Gasteiger charge is 2.24. The Morgan fingerprint density at radius 2 is 2.06 bits per heavy atom. The zero-order valence-corrected chi connectivity index (χ0v) is 13.6. The molecule has 3 heteroatoms. The van der Waals surface area contributed by atoms with Crippen molar-refractivity contribution in [2.24, 2.45) is 5.92 Å². The molecule has 1 fully saturated rings. The smallest absolute Gasteiger partial charge is 0.0513 e. The average molecular weight is 361 g/mol. The maximum atomic E-state index is 3.71. The second kappa shape index (κ2) is 5.75. The molecule has 2 rings (SSSR count). The van der Waals surface area contributed by atoms with Crippen molar-refractivity contribution in [3.63, 3.8) is 0 Å². The zero-order valence-electron chi connectivity index (χ0n) is 10.4. The molecule has 1 aliphatic rings. The second-order valence-electron chi connectivity index (χ2n) is 5.10. The molecular weight excluding hydrogens is 342 g/mol. The fraction of sp³-hybridized carbons (Fsp3) is 0.571. The Morgan fingerprint density at radius 1 is 1.29 bits per heavy atom. The predicted molar refractivity (Wildman–Crippen MR) is 82.0 cm³/mol. The summed E-state index contributed by atoms with van der Waals surface area (Å²) in [5.41, 5.74) is 2.66. The van der Waals surface area contributed by atoms with Crippen molar-refractivity contribution in [3.05, 3.63) is 28.2 Å². The van der Waals surface area contributed by atoms with Gasteiger partial charge in [0.2, 0.25) is 0 Å². The molecule has 1 aliphatic heterocycles. The van der Waals surface area contributed by atoms with Crippen molar-refractivity contribution in [1.29, 1.82) is 0 Å². The van der Waals surface area contributed by atoms with Crippen LogP contribution >= 0.6 is 31.9 Å². The zero-order chi connectivity index (χ0) is 12.4. The topological polar surface area (TPSA) is 3.24 Å². The fourth-order valence-electron chi connectivity index (χ4n) is 2.49. The number of alkyl halides is 1. The van der Waals surface area contributed by atoms with E-state index >= 15 is 0 Å². The molecule has 0 amide bonds. The standard InChI is InChI=1S/C14H19Br2N/c1-10-3-4-11(2)17(9-10)14-6-5-12(8-15)7-13(14)16/h5-7,10-11H,3-4,8-9H2,1-2H3. The molecule has 0 spiro atoms. The van der Waals surface area contributed by atoms with Gasteiger partial charge in [0.25, 0.3) is 0 Å². The predicted octanol–water partition coefficient (Wildman–Crippen LogP) is 4.97. The van der Waals surface area contributed by atoms with Crippen LogP contribution < -0.4 is 4.90 Å². The third-order valence-corrected chi connectivity index (χ3v) is 4.88. The van der Waals surface area contributed by atoms with Gasteiger partial charge >= 0.3 is 0 Å². The van der Waals surface area contributed by atoms with E-state index in [-0.39, 0.29) is 0 Å². The highest BCUT2D eigenvalue weighted by Crippen LogP contribution is 2.33. The first kappa shape index (κ1) is 13.4. The fourth-order valence-corrected chi connectivity index (χ4v) is 3.49. The van der Waals surface area contributed by atoms with Gasteiger partial charge in [-0.2, -0.15) is 0 Å². The molecule has 1 heterocycles. The van der Waals surface area contributed by atoms with E-state index in [0.29, 0.717) is 6.04 Å². The highest BCUT2D eigenvalue weighted by atomic mass is 79.9. The van der Waals surface area contributed by atoms with E-state index < -0.39 is 0 Å². The Bertz CT molecular complexity index is 392. The lowest BCUT2D eigenvalue weighted by atomic mass is 9.94. The summed E-state index contributed by atoms with van der Waals surface area (Å²) in [5, 5.41) is 0.915. The molecule has 0 bridgehead atoms. The van der Waals surface area contributed by atoms with Crippen molar-refractivity contribution in [2.45, 2.75) is 38.1 Å². The Kier molecular flexibility index (Phi) is 4.53. The largest absolute Gasteiger partial charge is 0.368 e. The van der Waals surface area contributed by atoms with Gasteiger partial charge in [0.1, 0.15) is 0 Å². The number of benzene rings is 1. The Balaban J connectivity index is 2.26. The number of piperidine rings is 1. The van der Waals surface area contributed by atoms with Gasteiger partial charge in [-0.05, 0) is 59.3 Å². The normalized spacial score (nSPS) is 25.1. The number of halogens is 2. The van der Waals surface area contributed by atoms with Gasteiger partial charge in [-0.15, -0.1) is 0 Å². The first-order valence-electron chi connectivity index (χ1n) is 6.23. The lowest BCUT2D eigenvalue weighted by molar-refractivity contribution is 0.390. The van der Waals surface area contributed by atoms with Crippen LogP contribution in [-0.2, 0) is 5.33 Å². The quantitative estimate of drug-likeness (QED) is 0.673. The molecule has 2 atom stereocenters. The maximum absolute atomic E-state index is 3.71. The van der Waals surface area contributed by atoms with Crippen LogP contribution in [0.25, 0.3) is 0 Å². The molecule has 1 aromatic rings. The minimum absolute atomic E-state index is 0.650. The van der Waals surface area contributed by atoms with E-state index in [0.717, 1.165) is 11.2 Å². The van der Waals surface area contributed by atoms with E-state index in [2.05, 4.69) is 68.8 Å². The summed E-state index contributed by atoms with van der Waals surface area (Å²) in [4.78, 5) is 2.54. The van der Waals surface area contributed by atoms with Gasteiger partial charge in [0.15, 0.2) is 0 Å². The van der Waals surface area contributed by atoms with Crippen LogP contribution in [0.2, 0.25) is 0 Å². The van der Waals surface area contributed by atoms with Crippen molar-refractivity contribution >= 4 is 37.5 Å². The summed E-state index contributed by atoms with van der Waals surface area (Å²) in [6.45, 7) is 5.85. The number of rotatable bonds is 2. The summed E-state index contributed by atoms with van der Waals surface area (Å²) in [7, 11) is 0. The van der Waals surface area contributed by atoms with Gasteiger partial charge in [-0.25, -0.2) is 0 Å². The van der Waals surface area contributed by atoms with E-state index in [1.165, 1.54) is 35.1 Å². The van der Waals surface area contributed by atoms with Crippen molar-refractivity contribution in [1.82, 2.24) is 0 Å². The van der Waals surface area contributed by atoms with Crippen LogP contribution in [0, 0.1) is 5.92 Å². The molecule has 0 aromatic heterocycles. The van der Waals surface area contributed by atoms with E-state index in [4.69, 9.17) is 0 Å². The van der Waals surface area contributed by atoms with Gasteiger partial charge in [0, 0.05) is 22.4 Å². The average Bonchev–Trinajstić information content (AvgIpc) is 2.32. The minimum atomic E-state index is 0.650. The molecule has 1 nitrogen and oxygen atoms in total. The highest BCUT2D eigenvalue weighted by molar-refractivity contribution is 9.10. The number of hydrogen-bond acceptors (Lipinski definition) is 1. The van der Waals surface area contributed by atoms with E-state index in [9.17, 15) is 0 Å². The molecule has 0 saturated carbocycles. The van der Waals surface area contributed by atoms with Crippen molar-refractivity contribution < 1.29 is 0 Å². The molecule has 0 N–H and O–H groups in total. The van der Waals surface area contributed by atoms with Crippen molar-refractivity contribution in [3.8, 4) is 0 Å². The number of hydrogen-bond donors (Lipinski definition) is 0. The van der Waals surface area contributed by atoms with Gasteiger partial charge < -0.3 is 4.90 Å². The minimum Gasteiger partial charge on any atom is -0.368 e. The summed E-state index contributed by atoms with van der Waals surface area (Å²) < 4.78 is 1.22. The van der Waals surface area contributed by atoms with Crippen LogP contribution in [0.15, 0.2) is 22.7 Å². The van der Waals surface area contributed by atoms with Crippen LogP contribution in [0.4, 0.5) is 5.69 Å². The molecule has 2 unspecified atom stereocenters. The SMILES string of the molecule is CC1CCC(C)N(c2ccc(CBr)cc2Br)C1. The van der Waals surface area contributed by atoms with Crippen LogP contribution in [-0.4, -0.2) is 12.6 Å².